The summed E-state index contributed by atoms with van der Waals surface area (Å²) in [4.78, 5) is 0. The summed E-state index contributed by atoms with van der Waals surface area (Å²) in [6.07, 6.45) is 2.11. The molecule has 0 bridgehead atoms. The van der Waals surface area contributed by atoms with Gasteiger partial charge in [0.1, 0.15) is 5.75 Å². The fourth-order valence-electron chi connectivity index (χ4n) is 1.23. The van der Waals surface area contributed by atoms with Crippen molar-refractivity contribution in [3.05, 3.63) is 29.8 Å². The molecule has 3 heteroatoms. The Bertz CT molecular complexity index is 236. The highest BCUT2D eigenvalue weighted by atomic mass is 35.5. The number of aryl methyl sites for hydroxylation is 1. The molecule has 0 saturated carbocycles. The molecule has 0 heterocycles. The van der Waals surface area contributed by atoms with E-state index in [1.165, 1.54) is 5.56 Å². The summed E-state index contributed by atoms with van der Waals surface area (Å²) >= 11 is 0. The third-order valence-electron chi connectivity index (χ3n) is 1.90. The van der Waals surface area contributed by atoms with Crippen molar-refractivity contribution in [2.45, 2.75) is 19.8 Å². The van der Waals surface area contributed by atoms with Gasteiger partial charge in [0.05, 0.1) is 6.61 Å². The molecule has 0 aliphatic carbocycles. The van der Waals surface area contributed by atoms with Crippen LogP contribution in [0, 0.1) is 0 Å². The van der Waals surface area contributed by atoms with Gasteiger partial charge in [-0.15, -0.1) is 12.4 Å². The zero-order valence-corrected chi connectivity index (χ0v) is 9.35. The molecule has 0 fully saturated rings. The smallest absolute Gasteiger partial charge is 0.119 e. The zero-order valence-electron chi connectivity index (χ0n) is 8.53. The van der Waals surface area contributed by atoms with Gasteiger partial charge in [0.15, 0.2) is 0 Å². The van der Waals surface area contributed by atoms with Gasteiger partial charge in [-0.05, 0) is 44.0 Å². The summed E-state index contributed by atoms with van der Waals surface area (Å²) in [5, 5.41) is 0. The average molecular weight is 216 g/mol. The Hall–Kier alpha value is -0.730. The number of halogens is 1. The van der Waals surface area contributed by atoms with E-state index in [1.54, 1.807) is 0 Å². The van der Waals surface area contributed by atoms with Gasteiger partial charge in [0.2, 0.25) is 0 Å². The Morgan fingerprint density at radius 3 is 2.36 bits per heavy atom. The molecule has 0 aliphatic rings. The van der Waals surface area contributed by atoms with Crippen molar-refractivity contribution in [2.75, 3.05) is 13.2 Å². The fraction of sp³-hybridized carbons (Fsp3) is 0.455. The number of rotatable bonds is 5. The molecular formula is C11H18ClNO. The molecule has 80 valence electrons. The van der Waals surface area contributed by atoms with Crippen LogP contribution in [0.4, 0.5) is 0 Å². The van der Waals surface area contributed by atoms with Gasteiger partial charge in [-0.1, -0.05) is 12.1 Å². The van der Waals surface area contributed by atoms with Gasteiger partial charge >= 0.3 is 0 Å². The lowest BCUT2D eigenvalue weighted by Gasteiger charge is -2.04. The molecular weight excluding hydrogens is 198 g/mol. The molecule has 1 aromatic rings. The molecule has 2 nitrogen and oxygen atoms in total. The highest BCUT2D eigenvalue weighted by Crippen LogP contribution is 2.12. The van der Waals surface area contributed by atoms with E-state index in [-0.39, 0.29) is 12.4 Å². The molecule has 0 amide bonds. The summed E-state index contributed by atoms with van der Waals surface area (Å²) in [6, 6.07) is 8.21. The van der Waals surface area contributed by atoms with E-state index in [9.17, 15) is 0 Å². The standard InChI is InChI=1S/C11H17NO.ClH/c1-2-13-11-7-5-10(6-8-11)4-3-9-12;/h5-8H,2-4,9,12H2,1H3;1H. The molecule has 0 aromatic heterocycles. The Labute approximate surface area is 91.9 Å². The third kappa shape index (κ3) is 4.49. The van der Waals surface area contributed by atoms with Crippen LogP contribution in [0.2, 0.25) is 0 Å². The monoisotopic (exact) mass is 215 g/mol. The molecule has 0 unspecified atom stereocenters. The van der Waals surface area contributed by atoms with E-state index in [4.69, 9.17) is 10.5 Å². The highest BCUT2D eigenvalue weighted by molar-refractivity contribution is 5.85. The first kappa shape index (κ1) is 13.3. The van der Waals surface area contributed by atoms with E-state index in [2.05, 4.69) is 12.1 Å². The van der Waals surface area contributed by atoms with Crippen LogP contribution in [0.25, 0.3) is 0 Å². The van der Waals surface area contributed by atoms with Crippen molar-refractivity contribution in [2.24, 2.45) is 5.73 Å². The number of nitrogens with two attached hydrogens (primary N) is 1. The molecule has 0 aliphatic heterocycles. The topological polar surface area (TPSA) is 35.2 Å². The maximum Gasteiger partial charge on any atom is 0.119 e. The fourth-order valence-corrected chi connectivity index (χ4v) is 1.23. The van der Waals surface area contributed by atoms with Crippen molar-refractivity contribution in [3.63, 3.8) is 0 Å². The summed E-state index contributed by atoms with van der Waals surface area (Å²) in [7, 11) is 0. The molecule has 14 heavy (non-hydrogen) atoms. The Balaban J connectivity index is 0.00000169. The summed E-state index contributed by atoms with van der Waals surface area (Å²) in [5.41, 5.74) is 6.76. The SMILES string of the molecule is CCOc1ccc(CCCN)cc1.Cl. The third-order valence-corrected chi connectivity index (χ3v) is 1.90. The van der Waals surface area contributed by atoms with Crippen molar-refractivity contribution in [1.82, 2.24) is 0 Å². The van der Waals surface area contributed by atoms with E-state index in [1.807, 2.05) is 19.1 Å². The molecule has 0 spiro atoms. The van der Waals surface area contributed by atoms with Crippen LogP contribution in [0.15, 0.2) is 24.3 Å². The summed E-state index contributed by atoms with van der Waals surface area (Å²) in [6.45, 7) is 3.47. The maximum absolute atomic E-state index is 5.43. The number of hydrogen-bond donors (Lipinski definition) is 1. The normalized spacial score (nSPS) is 9.29. The first-order valence-electron chi connectivity index (χ1n) is 4.78. The largest absolute Gasteiger partial charge is 0.494 e. The average Bonchev–Trinajstić information content (AvgIpc) is 2.17. The van der Waals surface area contributed by atoms with Crippen LogP contribution in [0.3, 0.4) is 0 Å². The van der Waals surface area contributed by atoms with Crippen molar-refractivity contribution >= 4 is 12.4 Å². The number of hydrogen-bond acceptors (Lipinski definition) is 2. The number of ether oxygens (including phenoxy) is 1. The van der Waals surface area contributed by atoms with Gasteiger partial charge in [-0.25, -0.2) is 0 Å². The van der Waals surface area contributed by atoms with Crippen molar-refractivity contribution in [1.29, 1.82) is 0 Å². The van der Waals surface area contributed by atoms with E-state index in [0.717, 1.165) is 31.7 Å². The maximum atomic E-state index is 5.43. The highest BCUT2D eigenvalue weighted by Gasteiger charge is 1.93. The lowest BCUT2D eigenvalue weighted by atomic mass is 10.1. The zero-order chi connectivity index (χ0) is 9.52. The van der Waals surface area contributed by atoms with Crippen LogP contribution in [-0.2, 0) is 6.42 Å². The second-order valence-electron chi connectivity index (χ2n) is 2.97. The van der Waals surface area contributed by atoms with Gasteiger partial charge in [0, 0.05) is 0 Å². The van der Waals surface area contributed by atoms with Gasteiger partial charge < -0.3 is 10.5 Å². The molecule has 0 radical (unpaired) electrons. The number of benzene rings is 1. The summed E-state index contributed by atoms with van der Waals surface area (Å²) in [5.74, 6) is 0.944. The van der Waals surface area contributed by atoms with Crippen molar-refractivity contribution in [3.8, 4) is 5.75 Å². The minimum atomic E-state index is 0. The van der Waals surface area contributed by atoms with E-state index in [0.29, 0.717) is 0 Å². The predicted octanol–water partition coefficient (Wildman–Crippen LogP) is 2.40. The van der Waals surface area contributed by atoms with Crippen LogP contribution in [0.5, 0.6) is 5.75 Å². The van der Waals surface area contributed by atoms with Crippen LogP contribution in [-0.4, -0.2) is 13.2 Å². The van der Waals surface area contributed by atoms with Crippen LogP contribution in [0.1, 0.15) is 18.9 Å². The van der Waals surface area contributed by atoms with Gasteiger partial charge in [-0.2, -0.15) is 0 Å². The Morgan fingerprint density at radius 2 is 1.86 bits per heavy atom. The van der Waals surface area contributed by atoms with Crippen LogP contribution >= 0.6 is 12.4 Å². The quantitative estimate of drug-likeness (QED) is 0.819. The Morgan fingerprint density at radius 1 is 1.21 bits per heavy atom. The second kappa shape index (κ2) is 7.65. The van der Waals surface area contributed by atoms with E-state index >= 15 is 0 Å². The second-order valence-corrected chi connectivity index (χ2v) is 2.97. The summed E-state index contributed by atoms with van der Waals surface area (Å²) < 4.78 is 5.34. The molecule has 0 atom stereocenters. The lowest BCUT2D eigenvalue weighted by Crippen LogP contribution is -2.00. The van der Waals surface area contributed by atoms with Gasteiger partial charge in [-0.3, -0.25) is 0 Å². The molecule has 1 rings (SSSR count). The van der Waals surface area contributed by atoms with Gasteiger partial charge in [0.25, 0.3) is 0 Å². The predicted molar refractivity (Wildman–Crippen MR) is 62.2 cm³/mol. The minimum Gasteiger partial charge on any atom is -0.494 e. The first-order chi connectivity index (χ1) is 6.36. The first-order valence-corrected chi connectivity index (χ1v) is 4.78. The lowest BCUT2D eigenvalue weighted by molar-refractivity contribution is 0.340. The van der Waals surface area contributed by atoms with E-state index < -0.39 is 0 Å². The van der Waals surface area contributed by atoms with Crippen LogP contribution < -0.4 is 10.5 Å². The van der Waals surface area contributed by atoms with Crippen molar-refractivity contribution < 1.29 is 4.74 Å². The Kier molecular flexibility index (Phi) is 7.25. The molecule has 0 saturated heterocycles. The minimum absolute atomic E-state index is 0. The molecule has 1 aromatic carbocycles. The molecule has 2 N–H and O–H groups in total.